The van der Waals surface area contributed by atoms with Gasteiger partial charge in [-0.3, -0.25) is 14.6 Å². The lowest BCUT2D eigenvalue weighted by Gasteiger charge is -2.35. The summed E-state index contributed by atoms with van der Waals surface area (Å²) < 4.78 is 17.2. The van der Waals surface area contributed by atoms with Crippen molar-refractivity contribution in [1.29, 1.82) is 0 Å². The Labute approximate surface area is 257 Å². The summed E-state index contributed by atoms with van der Waals surface area (Å²) >= 11 is 0. The molecule has 0 unspecified atom stereocenters. The van der Waals surface area contributed by atoms with Gasteiger partial charge in [0.15, 0.2) is 28.8 Å². The van der Waals surface area contributed by atoms with Crippen LogP contribution < -0.4 is 14.2 Å². The SMILES string of the molecule is COc1cc2c(cc1O)CCN(C)[C@H]2Cc1ccc(OC2=C[C@@]3(C=CC2=O)C[C@@H]2c4c(cc(OC)c(O)c43)CCN2C)cc1. The summed E-state index contributed by atoms with van der Waals surface area (Å²) in [4.78, 5) is 17.8. The maximum absolute atomic E-state index is 13.1. The highest BCUT2D eigenvalue weighted by molar-refractivity contribution is 6.04. The van der Waals surface area contributed by atoms with Gasteiger partial charge in [-0.05, 0) is 110 Å². The first-order valence-electron chi connectivity index (χ1n) is 15.2. The molecule has 1 spiro atoms. The van der Waals surface area contributed by atoms with Gasteiger partial charge >= 0.3 is 0 Å². The minimum absolute atomic E-state index is 0.130. The third-order valence-corrected chi connectivity index (χ3v) is 10.0. The maximum Gasteiger partial charge on any atom is 0.220 e. The van der Waals surface area contributed by atoms with Crippen molar-refractivity contribution in [3.8, 4) is 28.7 Å². The molecule has 2 N–H and O–H groups in total. The van der Waals surface area contributed by atoms with Crippen LogP contribution in [-0.4, -0.2) is 67.2 Å². The fourth-order valence-electron chi connectivity index (χ4n) is 7.62. The molecule has 8 nitrogen and oxygen atoms in total. The monoisotopic (exact) mass is 594 g/mol. The Kier molecular flexibility index (Phi) is 6.94. The zero-order chi connectivity index (χ0) is 30.7. The van der Waals surface area contributed by atoms with Gasteiger partial charge in [0.2, 0.25) is 5.78 Å². The normalized spacial score (nSPS) is 24.2. The van der Waals surface area contributed by atoms with Gasteiger partial charge in [-0.1, -0.05) is 18.2 Å². The number of hydrogen-bond acceptors (Lipinski definition) is 8. The average molecular weight is 595 g/mol. The lowest BCUT2D eigenvalue weighted by molar-refractivity contribution is -0.113. The number of rotatable bonds is 6. The van der Waals surface area contributed by atoms with E-state index in [1.165, 1.54) is 5.56 Å². The molecule has 2 heterocycles. The molecule has 0 bridgehead atoms. The highest BCUT2D eigenvalue weighted by Gasteiger charge is 2.49. The fourth-order valence-corrected chi connectivity index (χ4v) is 7.62. The quantitative estimate of drug-likeness (QED) is 0.405. The minimum Gasteiger partial charge on any atom is -0.504 e. The molecule has 3 aromatic rings. The zero-order valence-corrected chi connectivity index (χ0v) is 25.6. The number of hydrogen-bond donors (Lipinski definition) is 2. The molecular formula is C36H38N2O6. The Balaban J connectivity index is 1.16. The first-order chi connectivity index (χ1) is 21.2. The van der Waals surface area contributed by atoms with E-state index in [0.29, 0.717) is 23.7 Å². The second kappa shape index (κ2) is 10.7. The third kappa shape index (κ3) is 4.55. The van der Waals surface area contributed by atoms with Gasteiger partial charge in [-0.25, -0.2) is 0 Å². The van der Waals surface area contributed by atoms with Crippen molar-refractivity contribution < 1.29 is 29.2 Å². The van der Waals surface area contributed by atoms with Gasteiger partial charge in [0, 0.05) is 36.2 Å². The van der Waals surface area contributed by atoms with Crippen LogP contribution in [0.25, 0.3) is 0 Å². The number of carbonyl (C=O) groups is 1. The zero-order valence-electron chi connectivity index (χ0n) is 25.6. The number of likely N-dealkylation sites (N-methyl/N-ethyl adjacent to an activating group) is 2. The molecule has 2 aliphatic carbocycles. The standard InChI is InChI=1S/C36H38N2O6/c1-37-13-10-22-16-29(40)30(42-3)18-25(22)26(37)15-21-5-7-24(8-6-21)44-32-20-36(12-9-28(32)39)19-27-33-23(11-14-38(27)2)17-31(43-4)35(41)34(33)36/h5-9,12,16-18,20,26-27,40-41H,10-11,13-15,19H2,1-4H3/t26-,27+,36+/m0/s1. The molecule has 8 heteroatoms. The van der Waals surface area contributed by atoms with Crippen molar-refractivity contribution in [3.63, 3.8) is 0 Å². The molecule has 228 valence electrons. The number of nitrogens with zero attached hydrogens (tertiary/aromatic N) is 2. The predicted octanol–water partition coefficient (Wildman–Crippen LogP) is 5.16. The van der Waals surface area contributed by atoms with Gasteiger partial charge in [0.1, 0.15) is 5.75 Å². The number of allylic oxidation sites excluding steroid dienone is 3. The number of aromatic hydroxyl groups is 2. The van der Waals surface area contributed by atoms with Gasteiger partial charge in [0.05, 0.1) is 14.2 Å². The van der Waals surface area contributed by atoms with Gasteiger partial charge in [-0.2, -0.15) is 0 Å². The molecule has 0 saturated carbocycles. The van der Waals surface area contributed by atoms with Gasteiger partial charge in [0.25, 0.3) is 0 Å². The maximum atomic E-state index is 13.1. The number of methoxy groups -OCH3 is 2. The molecule has 7 rings (SSSR count). The van der Waals surface area contributed by atoms with Crippen molar-refractivity contribution in [2.24, 2.45) is 0 Å². The van der Waals surface area contributed by atoms with E-state index in [-0.39, 0.29) is 35.1 Å². The fraction of sp³-hybridized carbons (Fsp3) is 0.361. The van der Waals surface area contributed by atoms with Crippen molar-refractivity contribution in [2.45, 2.75) is 43.2 Å². The van der Waals surface area contributed by atoms with E-state index in [2.05, 4.69) is 23.9 Å². The Morgan fingerprint density at radius 3 is 2.41 bits per heavy atom. The summed E-state index contributed by atoms with van der Waals surface area (Å²) in [6.07, 6.45) is 8.62. The number of benzene rings is 3. The average Bonchev–Trinajstić information content (AvgIpc) is 3.36. The summed E-state index contributed by atoms with van der Waals surface area (Å²) in [6.45, 7) is 1.82. The van der Waals surface area contributed by atoms with E-state index in [4.69, 9.17) is 14.2 Å². The molecule has 4 aliphatic rings. The van der Waals surface area contributed by atoms with Gasteiger partial charge in [-0.15, -0.1) is 0 Å². The number of fused-ring (bicyclic) bond motifs is 2. The van der Waals surface area contributed by atoms with E-state index < -0.39 is 5.41 Å². The first kappa shape index (κ1) is 28.5. The number of phenolic OH excluding ortho intramolecular Hbond substituents is 2. The lowest BCUT2D eigenvalue weighted by atomic mass is 9.77. The van der Waals surface area contributed by atoms with Crippen LogP contribution in [-0.2, 0) is 29.5 Å². The molecule has 0 fully saturated rings. The smallest absolute Gasteiger partial charge is 0.220 e. The van der Waals surface area contributed by atoms with Crippen LogP contribution in [0.4, 0.5) is 0 Å². The Morgan fingerprint density at radius 2 is 1.66 bits per heavy atom. The van der Waals surface area contributed by atoms with E-state index in [0.717, 1.165) is 60.2 Å². The van der Waals surface area contributed by atoms with Crippen molar-refractivity contribution in [3.05, 3.63) is 99.8 Å². The highest BCUT2D eigenvalue weighted by Crippen LogP contribution is 2.58. The summed E-state index contributed by atoms with van der Waals surface area (Å²) in [5.41, 5.74) is 5.90. The molecule has 3 atom stereocenters. The first-order valence-corrected chi connectivity index (χ1v) is 15.2. The Hall–Kier alpha value is -4.27. The van der Waals surface area contributed by atoms with Crippen LogP contribution in [0.2, 0.25) is 0 Å². The Bertz CT molecular complexity index is 1710. The van der Waals surface area contributed by atoms with E-state index in [1.807, 2.05) is 54.6 Å². The van der Waals surface area contributed by atoms with Crippen LogP contribution in [0.5, 0.6) is 28.7 Å². The molecule has 0 amide bonds. The van der Waals surface area contributed by atoms with Crippen molar-refractivity contribution in [2.75, 3.05) is 41.4 Å². The van der Waals surface area contributed by atoms with E-state index in [9.17, 15) is 15.0 Å². The molecule has 3 aromatic carbocycles. The largest absolute Gasteiger partial charge is 0.504 e. The summed E-state index contributed by atoms with van der Waals surface area (Å²) in [5.74, 6) is 1.88. The second-order valence-corrected chi connectivity index (χ2v) is 12.5. The third-order valence-electron chi connectivity index (χ3n) is 10.0. The topological polar surface area (TPSA) is 91.7 Å². The number of ether oxygens (including phenoxy) is 3. The molecule has 0 saturated heterocycles. The molecule has 44 heavy (non-hydrogen) atoms. The van der Waals surface area contributed by atoms with Crippen LogP contribution in [0.1, 0.15) is 51.9 Å². The van der Waals surface area contributed by atoms with Crippen LogP contribution in [0, 0.1) is 0 Å². The molecule has 0 radical (unpaired) electrons. The minimum atomic E-state index is -0.677. The molecule has 2 aliphatic heterocycles. The van der Waals surface area contributed by atoms with Crippen molar-refractivity contribution in [1.82, 2.24) is 9.80 Å². The number of phenols is 2. The molecule has 0 aromatic heterocycles. The number of carbonyl (C=O) groups excluding carboxylic acids is 1. The van der Waals surface area contributed by atoms with Crippen LogP contribution in [0.3, 0.4) is 0 Å². The van der Waals surface area contributed by atoms with Gasteiger partial charge < -0.3 is 24.4 Å². The van der Waals surface area contributed by atoms with E-state index in [1.54, 1.807) is 20.3 Å². The highest BCUT2D eigenvalue weighted by atomic mass is 16.5. The summed E-state index contributed by atoms with van der Waals surface area (Å²) in [7, 11) is 7.38. The molecular weight excluding hydrogens is 556 g/mol. The number of ketones is 1. The summed E-state index contributed by atoms with van der Waals surface area (Å²) in [5, 5.41) is 21.6. The predicted molar refractivity (Wildman–Crippen MR) is 167 cm³/mol. The summed E-state index contributed by atoms with van der Waals surface area (Å²) in [6, 6.07) is 13.9. The lowest BCUT2D eigenvalue weighted by Crippen LogP contribution is -2.33. The second-order valence-electron chi connectivity index (χ2n) is 12.5. The Morgan fingerprint density at radius 1 is 0.932 bits per heavy atom. The van der Waals surface area contributed by atoms with Crippen LogP contribution >= 0.6 is 0 Å². The van der Waals surface area contributed by atoms with Crippen molar-refractivity contribution >= 4 is 5.78 Å². The van der Waals surface area contributed by atoms with Crippen LogP contribution in [0.15, 0.2) is 66.5 Å². The van der Waals surface area contributed by atoms with E-state index >= 15 is 0 Å².